The second-order valence-electron chi connectivity index (χ2n) is 6.21. The zero-order chi connectivity index (χ0) is 18.5. The van der Waals surface area contributed by atoms with E-state index in [2.05, 4.69) is 15.2 Å². The predicted molar refractivity (Wildman–Crippen MR) is 98.1 cm³/mol. The van der Waals surface area contributed by atoms with E-state index in [1.54, 1.807) is 18.3 Å². The van der Waals surface area contributed by atoms with Crippen molar-refractivity contribution in [3.05, 3.63) is 40.7 Å². The molecule has 1 fully saturated rings. The van der Waals surface area contributed by atoms with Gasteiger partial charge in [-0.2, -0.15) is 0 Å². The molecule has 1 aliphatic heterocycles. The first-order valence-electron chi connectivity index (χ1n) is 8.42. The summed E-state index contributed by atoms with van der Waals surface area (Å²) in [6, 6.07) is 4.92. The second-order valence-corrected chi connectivity index (χ2v) is 7.33. The molecule has 2 heterocycles. The molecule has 1 aromatic carbocycles. The van der Waals surface area contributed by atoms with E-state index in [4.69, 9.17) is 9.47 Å². The van der Waals surface area contributed by atoms with Crippen LogP contribution in [0.15, 0.2) is 24.4 Å². The molecule has 1 atom stereocenters. The third kappa shape index (κ3) is 5.00. The number of carbonyl (C=O) groups excluding carboxylic acids is 1. The van der Waals surface area contributed by atoms with Gasteiger partial charge in [0.25, 0.3) is 0 Å². The first kappa shape index (κ1) is 18.8. The Morgan fingerprint density at radius 3 is 3.15 bits per heavy atom. The van der Waals surface area contributed by atoms with Gasteiger partial charge in [-0.25, -0.2) is 9.37 Å². The highest BCUT2D eigenvalue weighted by atomic mass is 32.1. The Balaban J connectivity index is 1.57. The molecule has 0 saturated carbocycles. The van der Waals surface area contributed by atoms with Gasteiger partial charge in [0, 0.05) is 44.1 Å². The molecule has 0 radical (unpaired) electrons. The topological polar surface area (TPSA) is 63.7 Å². The van der Waals surface area contributed by atoms with Crippen molar-refractivity contribution in [1.82, 2.24) is 9.88 Å². The van der Waals surface area contributed by atoms with Crippen LogP contribution < -0.4 is 10.1 Å². The van der Waals surface area contributed by atoms with Crippen molar-refractivity contribution in [3.63, 3.8) is 0 Å². The Morgan fingerprint density at radius 2 is 2.38 bits per heavy atom. The molecule has 140 valence electrons. The molecule has 1 saturated heterocycles. The summed E-state index contributed by atoms with van der Waals surface area (Å²) in [5.74, 6) is -0.222. The molecule has 1 aromatic heterocycles. The van der Waals surface area contributed by atoms with Gasteiger partial charge in [0.15, 0.2) is 16.7 Å². The SMILES string of the molecule is COc1cc(CC2CN(Cc3cnc(NC(C)=O)s3)CCO2)ccc1F. The molecular weight excluding hydrogens is 357 g/mol. The van der Waals surface area contributed by atoms with Crippen molar-refractivity contribution in [2.45, 2.75) is 26.0 Å². The van der Waals surface area contributed by atoms with Crippen LogP contribution in [-0.2, 0) is 22.5 Å². The fourth-order valence-electron chi connectivity index (χ4n) is 2.95. The number of thiazole rings is 1. The number of nitrogens with one attached hydrogen (secondary N) is 1. The number of carbonyl (C=O) groups is 1. The van der Waals surface area contributed by atoms with Gasteiger partial charge in [0.2, 0.25) is 5.91 Å². The number of methoxy groups -OCH3 is 1. The third-order valence-electron chi connectivity index (χ3n) is 4.12. The Morgan fingerprint density at radius 1 is 1.54 bits per heavy atom. The normalized spacial score (nSPS) is 17.9. The number of rotatable bonds is 6. The summed E-state index contributed by atoms with van der Waals surface area (Å²) in [5.41, 5.74) is 0.987. The maximum atomic E-state index is 13.5. The summed E-state index contributed by atoms with van der Waals surface area (Å²) in [5, 5.41) is 3.32. The maximum Gasteiger partial charge on any atom is 0.223 e. The van der Waals surface area contributed by atoms with E-state index in [1.807, 2.05) is 0 Å². The summed E-state index contributed by atoms with van der Waals surface area (Å²) in [6.07, 6.45) is 2.54. The van der Waals surface area contributed by atoms with Gasteiger partial charge in [0.05, 0.1) is 19.8 Å². The Labute approximate surface area is 155 Å². The first-order valence-corrected chi connectivity index (χ1v) is 9.24. The molecule has 0 aliphatic carbocycles. The highest BCUT2D eigenvalue weighted by Gasteiger charge is 2.22. The molecular formula is C18H22FN3O3S. The van der Waals surface area contributed by atoms with Gasteiger partial charge in [-0.05, 0) is 17.7 Å². The number of hydrogen-bond donors (Lipinski definition) is 1. The van der Waals surface area contributed by atoms with Crippen LogP contribution >= 0.6 is 11.3 Å². The molecule has 1 unspecified atom stereocenters. The van der Waals surface area contributed by atoms with Crippen LogP contribution in [-0.4, -0.2) is 48.7 Å². The quantitative estimate of drug-likeness (QED) is 0.836. The lowest BCUT2D eigenvalue weighted by Crippen LogP contribution is -2.42. The lowest BCUT2D eigenvalue weighted by atomic mass is 10.1. The summed E-state index contributed by atoms with van der Waals surface area (Å²) in [6.45, 7) is 4.52. The standard InChI is InChI=1S/C18H22FN3O3S/c1-12(23)21-18-20-9-15(26-18)11-22-5-6-25-14(10-22)7-13-3-4-16(19)17(8-13)24-2/h3-4,8-9,14H,5-7,10-11H2,1-2H3,(H,20,21,23). The minimum atomic E-state index is -0.359. The predicted octanol–water partition coefficient (Wildman–Crippen LogP) is 2.69. The highest BCUT2D eigenvalue weighted by Crippen LogP contribution is 2.23. The summed E-state index contributed by atoms with van der Waals surface area (Å²) >= 11 is 1.48. The molecule has 26 heavy (non-hydrogen) atoms. The van der Waals surface area contributed by atoms with Crippen LogP contribution in [0, 0.1) is 5.82 Å². The molecule has 3 rings (SSSR count). The lowest BCUT2D eigenvalue weighted by Gasteiger charge is -2.32. The molecule has 0 bridgehead atoms. The lowest BCUT2D eigenvalue weighted by molar-refractivity contribution is -0.114. The average molecular weight is 379 g/mol. The number of anilines is 1. The van der Waals surface area contributed by atoms with E-state index in [1.165, 1.54) is 31.4 Å². The van der Waals surface area contributed by atoms with Crippen molar-refractivity contribution in [2.75, 3.05) is 32.1 Å². The number of hydrogen-bond acceptors (Lipinski definition) is 6. The van der Waals surface area contributed by atoms with Crippen molar-refractivity contribution < 1.29 is 18.7 Å². The molecule has 0 spiro atoms. The van der Waals surface area contributed by atoms with Gasteiger partial charge >= 0.3 is 0 Å². The third-order valence-corrected chi connectivity index (χ3v) is 5.02. The zero-order valence-electron chi connectivity index (χ0n) is 14.8. The Kier molecular flexibility index (Phi) is 6.18. The van der Waals surface area contributed by atoms with Crippen LogP contribution in [0.1, 0.15) is 17.4 Å². The van der Waals surface area contributed by atoms with E-state index in [0.29, 0.717) is 18.2 Å². The largest absolute Gasteiger partial charge is 0.494 e. The van der Waals surface area contributed by atoms with E-state index in [9.17, 15) is 9.18 Å². The van der Waals surface area contributed by atoms with Crippen molar-refractivity contribution >= 4 is 22.4 Å². The Bertz CT molecular complexity index is 768. The number of nitrogens with zero attached hydrogens (tertiary/aromatic N) is 2. The second kappa shape index (κ2) is 8.57. The molecule has 1 amide bonds. The summed E-state index contributed by atoms with van der Waals surface area (Å²) < 4.78 is 24.4. The maximum absolute atomic E-state index is 13.5. The van der Waals surface area contributed by atoms with Gasteiger partial charge in [-0.1, -0.05) is 6.07 Å². The summed E-state index contributed by atoms with van der Waals surface area (Å²) in [7, 11) is 1.46. The van der Waals surface area contributed by atoms with Gasteiger partial charge in [-0.15, -0.1) is 11.3 Å². The number of amides is 1. The fourth-order valence-corrected chi connectivity index (χ4v) is 3.85. The van der Waals surface area contributed by atoms with E-state index in [0.717, 1.165) is 30.1 Å². The van der Waals surface area contributed by atoms with Crippen molar-refractivity contribution in [3.8, 4) is 5.75 Å². The smallest absolute Gasteiger partial charge is 0.223 e. The summed E-state index contributed by atoms with van der Waals surface area (Å²) in [4.78, 5) is 18.7. The number of aromatic nitrogens is 1. The van der Waals surface area contributed by atoms with E-state index in [-0.39, 0.29) is 23.6 Å². The Hall–Kier alpha value is -2.03. The minimum Gasteiger partial charge on any atom is -0.494 e. The van der Waals surface area contributed by atoms with Crippen molar-refractivity contribution in [1.29, 1.82) is 0 Å². The zero-order valence-corrected chi connectivity index (χ0v) is 15.6. The van der Waals surface area contributed by atoms with Gasteiger partial charge in [0.1, 0.15) is 0 Å². The minimum absolute atomic E-state index is 0.0432. The van der Waals surface area contributed by atoms with E-state index >= 15 is 0 Å². The van der Waals surface area contributed by atoms with E-state index < -0.39 is 0 Å². The van der Waals surface area contributed by atoms with Crippen LogP contribution in [0.3, 0.4) is 0 Å². The van der Waals surface area contributed by atoms with Crippen LogP contribution in [0.25, 0.3) is 0 Å². The first-order chi connectivity index (χ1) is 12.5. The molecule has 2 aromatic rings. The average Bonchev–Trinajstić information content (AvgIpc) is 3.03. The van der Waals surface area contributed by atoms with Gasteiger partial charge in [-0.3, -0.25) is 9.69 Å². The molecule has 8 heteroatoms. The number of morpholine rings is 1. The van der Waals surface area contributed by atoms with Gasteiger partial charge < -0.3 is 14.8 Å². The highest BCUT2D eigenvalue weighted by molar-refractivity contribution is 7.15. The number of halogens is 1. The fraction of sp³-hybridized carbons (Fsp3) is 0.444. The monoisotopic (exact) mass is 379 g/mol. The van der Waals surface area contributed by atoms with Crippen molar-refractivity contribution in [2.24, 2.45) is 0 Å². The van der Waals surface area contributed by atoms with Crippen LogP contribution in [0.4, 0.5) is 9.52 Å². The molecule has 6 nitrogen and oxygen atoms in total. The van der Waals surface area contributed by atoms with Crippen LogP contribution in [0.2, 0.25) is 0 Å². The number of benzene rings is 1. The number of ether oxygens (including phenoxy) is 2. The molecule has 1 N–H and O–H groups in total. The molecule has 1 aliphatic rings. The van der Waals surface area contributed by atoms with Crippen LogP contribution in [0.5, 0.6) is 5.75 Å².